The Morgan fingerprint density at radius 2 is 2.20 bits per heavy atom. The molecule has 0 aliphatic carbocycles. The van der Waals surface area contributed by atoms with E-state index in [-0.39, 0.29) is 11.8 Å². The number of hydrogen-bond donors (Lipinski definition) is 0. The number of amides is 1. The second kappa shape index (κ2) is 5.59. The standard InChI is InChI=1S/C16H18N2O2/c1-18(16(19)13-7-4-10-20-11-13)14-8-2-5-12-6-3-9-17-15(12)14/h2-3,5-6,8-9,13H,4,7,10-11H2,1H3/t13-/m1/s1. The SMILES string of the molecule is CN(C(=O)[C@@H]1CCCOC1)c1cccc2cccnc12. The Balaban J connectivity index is 1.91. The van der Waals surface area contributed by atoms with E-state index < -0.39 is 0 Å². The fourth-order valence-electron chi connectivity index (χ4n) is 2.69. The van der Waals surface area contributed by atoms with Crippen LogP contribution in [0, 0.1) is 5.92 Å². The highest BCUT2D eigenvalue weighted by Crippen LogP contribution is 2.26. The zero-order chi connectivity index (χ0) is 13.9. The first-order valence-electron chi connectivity index (χ1n) is 6.96. The molecule has 2 heterocycles. The summed E-state index contributed by atoms with van der Waals surface area (Å²) in [6, 6.07) is 9.82. The van der Waals surface area contributed by atoms with E-state index in [1.165, 1.54) is 0 Å². The quantitative estimate of drug-likeness (QED) is 0.842. The highest BCUT2D eigenvalue weighted by molar-refractivity contribution is 6.02. The molecule has 1 aromatic carbocycles. The molecule has 104 valence electrons. The second-order valence-electron chi connectivity index (χ2n) is 5.16. The van der Waals surface area contributed by atoms with Gasteiger partial charge < -0.3 is 9.64 Å². The van der Waals surface area contributed by atoms with Crippen LogP contribution in [0.4, 0.5) is 5.69 Å². The Labute approximate surface area is 118 Å². The number of carbonyl (C=O) groups is 1. The predicted molar refractivity (Wildman–Crippen MR) is 78.7 cm³/mol. The second-order valence-corrected chi connectivity index (χ2v) is 5.16. The van der Waals surface area contributed by atoms with Crippen molar-refractivity contribution in [1.29, 1.82) is 0 Å². The summed E-state index contributed by atoms with van der Waals surface area (Å²) >= 11 is 0. The van der Waals surface area contributed by atoms with Gasteiger partial charge in [0.15, 0.2) is 0 Å². The first kappa shape index (κ1) is 13.1. The molecule has 1 saturated heterocycles. The summed E-state index contributed by atoms with van der Waals surface area (Å²) < 4.78 is 5.41. The number of benzene rings is 1. The Morgan fingerprint density at radius 3 is 3.00 bits per heavy atom. The predicted octanol–water partition coefficient (Wildman–Crippen LogP) is 2.62. The van der Waals surface area contributed by atoms with Crippen LogP contribution < -0.4 is 4.90 Å². The van der Waals surface area contributed by atoms with Gasteiger partial charge in [-0.1, -0.05) is 18.2 Å². The summed E-state index contributed by atoms with van der Waals surface area (Å²) in [6.45, 7) is 1.30. The van der Waals surface area contributed by atoms with Crippen LogP contribution >= 0.6 is 0 Å². The molecule has 0 N–H and O–H groups in total. The van der Waals surface area contributed by atoms with Gasteiger partial charge in [-0.2, -0.15) is 0 Å². The Kier molecular flexibility index (Phi) is 3.65. The molecule has 2 aromatic rings. The van der Waals surface area contributed by atoms with Gasteiger partial charge in [0.2, 0.25) is 5.91 Å². The van der Waals surface area contributed by atoms with Gasteiger partial charge in [-0.15, -0.1) is 0 Å². The molecule has 1 aliphatic rings. The maximum absolute atomic E-state index is 12.6. The van der Waals surface area contributed by atoms with Crippen LogP contribution in [0.5, 0.6) is 0 Å². The topological polar surface area (TPSA) is 42.4 Å². The van der Waals surface area contributed by atoms with Crippen molar-refractivity contribution >= 4 is 22.5 Å². The molecule has 1 amide bonds. The average molecular weight is 270 g/mol. The van der Waals surface area contributed by atoms with Gasteiger partial charge in [0.1, 0.15) is 0 Å². The first-order valence-corrected chi connectivity index (χ1v) is 6.96. The maximum atomic E-state index is 12.6. The van der Waals surface area contributed by atoms with Crippen molar-refractivity contribution in [2.24, 2.45) is 5.92 Å². The number of ether oxygens (including phenoxy) is 1. The zero-order valence-electron chi connectivity index (χ0n) is 11.6. The van der Waals surface area contributed by atoms with E-state index >= 15 is 0 Å². The first-order chi connectivity index (χ1) is 9.77. The number of fused-ring (bicyclic) bond motifs is 1. The molecule has 0 bridgehead atoms. The van der Waals surface area contributed by atoms with Crippen LogP contribution in [0.25, 0.3) is 10.9 Å². The van der Waals surface area contributed by atoms with Crippen LogP contribution in [0.3, 0.4) is 0 Å². The smallest absolute Gasteiger partial charge is 0.232 e. The van der Waals surface area contributed by atoms with Crippen molar-refractivity contribution in [2.75, 3.05) is 25.2 Å². The van der Waals surface area contributed by atoms with Gasteiger partial charge in [-0.25, -0.2) is 0 Å². The van der Waals surface area contributed by atoms with Gasteiger partial charge in [-0.3, -0.25) is 9.78 Å². The highest BCUT2D eigenvalue weighted by Gasteiger charge is 2.26. The minimum atomic E-state index is -0.0345. The van der Waals surface area contributed by atoms with Crippen molar-refractivity contribution in [3.05, 3.63) is 36.5 Å². The fourth-order valence-corrected chi connectivity index (χ4v) is 2.69. The number of carbonyl (C=O) groups excluding carboxylic acids is 1. The van der Waals surface area contributed by atoms with E-state index in [1.54, 1.807) is 11.1 Å². The molecule has 0 saturated carbocycles. The molecule has 1 atom stereocenters. The van der Waals surface area contributed by atoms with Crippen molar-refractivity contribution in [3.63, 3.8) is 0 Å². The normalized spacial score (nSPS) is 18.9. The Bertz CT molecular complexity index is 615. The number of pyridine rings is 1. The van der Waals surface area contributed by atoms with Gasteiger partial charge in [-0.05, 0) is 25.0 Å². The summed E-state index contributed by atoms with van der Waals surface area (Å²) in [4.78, 5) is 18.7. The number of anilines is 1. The van der Waals surface area contributed by atoms with Gasteiger partial charge in [0.05, 0.1) is 23.7 Å². The average Bonchev–Trinajstić information content (AvgIpc) is 2.54. The van der Waals surface area contributed by atoms with Crippen LogP contribution in [0.1, 0.15) is 12.8 Å². The number of aromatic nitrogens is 1. The van der Waals surface area contributed by atoms with Crippen molar-refractivity contribution in [2.45, 2.75) is 12.8 Å². The summed E-state index contributed by atoms with van der Waals surface area (Å²) in [5, 5.41) is 1.05. The summed E-state index contributed by atoms with van der Waals surface area (Å²) in [7, 11) is 1.82. The molecule has 4 heteroatoms. The lowest BCUT2D eigenvalue weighted by Gasteiger charge is -2.27. The van der Waals surface area contributed by atoms with Gasteiger partial charge in [0, 0.05) is 25.2 Å². The van der Waals surface area contributed by atoms with Gasteiger partial charge >= 0.3 is 0 Å². The highest BCUT2D eigenvalue weighted by atomic mass is 16.5. The molecular formula is C16H18N2O2. The third kappa shape index (κ3) is 2.39. The van der Waals surface area contributed by atoms with Crippen LogP contribution in [-0.2, 0) is 9.53 Å². The summed E-state index contributed by atoms with van der Waals surface area (Å²) in [5.41, 5.74) is 1.72. The fraction of sp³-hybridized carbons (Fsp3) is 0.375. The number of hydrogen-bond acceptors (Lipinski definition) is 3. The number of para-hydroxylation sites is 1. The van der Waals surface area contributed by atoms with E-state index in [4.69, 9.17) is 4.74 Å². The van der Waals surface area contributed by atoms with Crippen molar-refractivity contribution < 1.29 is 9.53 Å². The monoisotopic (exact) mass is 270 g/mol. The van der Waals surface area contributed by atoms with Crippen molar-refractivity contribution in [1.82, 2.24) is 4.98 Å². The maximum Gasteiger partial charge on any atom is 0.232 e. The molecule has 0 spiro atoms. The minimum Gasteiger partial charge on any atom is -0.381 e. The number of rotatable bonds is 2. The zero-order valence-corrected chi connectivity index (χ0v) is 11.6. The van der Waals surface area contributed by atoms with E-state index in [9.17, 15) is 4.79 Å². The molecule has 1 aromatic heterocycles. The molecule has 4 nitrogen and oxygen atoms in total. The minimum absolute atomic E-state index is 0.0345. The molecule has 1 aliphatic heterocycles. The van der Waals surface area contributed by atoms with E-state index in [2.05, 4.69) is 4.98 Å². The third-order valence-electron chi connectivity index (χ3n) is 3.81. The lowest BCUT2D eigenvalue weighted by atomic mass is 10.0. The van der Waals surface area contributed by atoms with Gasteiger partial charge in [0.25, 0.3) is 0 Å². The molecule has 3 rings (SSSR count). The number of nitrogens with zero attached hydrogens (tertiary/aromatic N) is 2. The van der Waals surface area contributed by atoms with Crippen LogP contribution in [0.15, 0.2) is 36.5 Å². The van der Waals surface area contributed by atoms with Crippen LogP contribution in [-0.4, -0.2) is 31.2 Å². The lowest BCUT2D eigenvalue weighted by Crippen LogP contribution is -2.37. The van der Waals surface area contributed by atoms with Crippen molar-refractivity contribution in [3.8, 4) is 0 Å². The summed E-state index contributed by atoms with van der Waals surface area (Å²) in [6.07, 6.45) is 3.62. The molecular weight excluding hydrogens is 252 g/mol. The Hall–Kier alpha value is -1.94. The molecule has 1 fully saturated rings. The Morgan fingerprint density at radius 1 is 1.35 bits per heavy atom. The van der Waals surface area contributed by atoms with E-state index in [0.29, 0.717) is 6.61 Å². The molecule has 0 unspecified atom stereocenters. The summed E-state index contributed by atoms with van der Waals surface area (Å²) in [5.74, 6) is 0.0792. The molecule has 0 radical (unpaired) electrons. The van der Waals surface area contributed by atoms with E-state index in [1.807, 2.05) is 37.4 Å². The largest absolute Gasteiger partial charge is 0.381 e. The third-order valence-corrected chi connectivity index (χ3v) is 3.81. The van der Waals surface area contributed by atoms with Crippen LogP contribution in [0.2, 0.25) is 0 Å². The molecule has 20 heavy (non-hydrogen) atoms. The lowest BCUT2D eigenvalue weighted by molar-refractivity contribution is -0.125. The van der Waals surface area contributed by atoms with E-state index in [0.717, 1.165) is 36.0 Å².